The molecule has 1 aliphatic heterocycles. The van der Waals surface area contributed by atoms with Crippen LogP contribution in [0.3, 0.4) is 0 Å². The van der Waals surface area contributed by atoms with Crippen molar-refractivity contribution in [2.45, 2.75) is 13.8 Å². The van der Waals surface area contributed by atoms with Gasteiger partial charge in [-0.3, -0.25) is 4.79 Å². The lowest BCUT2D eigenvalue weighted by atomic mass is 10.0. The highest BCUT2D eigenvalue weighted by Gasteiger charge is 2.25. The molecule has 0 radical (unpaired) electrons. The molecule has 92 valence electrons. The Bertz CT molecular complexity index is 439. The van der Waals surface area contributed by atoms with Crippen molar-refractivity contribution in [3.8, 4) is 5.75 Å². The number of carbonyl (C=O) groups is 1. The second kappa shape index (κ2) is 4.75. The molecule has 1 aromatic rings. The minimum Gasteiger partial charge on any atom is -0.494 e. The van der Waals surface area contributed by atoms with Crippen molar-refractivity contribution in [1.82, 2.24) is 5.32 Å². The van der Waals surface area contributed by atoms with E-state index in [-0.39, 0.29) is 11.8 Å². The molecule has 2 N–H and O–H groups in total. The average Bonchev–Trinajstić information content (AvgIpc) is 2.13. The Morgan fingerprint density at radius 2 is 2.12 bits per heavy atom. The van der Waals surface area contributed by atoms with Crippen molar-refractivity contribution in [2.75, 3.05) is 25.5 Å². The van der Waals surface area contributed by atoms with Crippen LogP contribution in [0.4, 0.5) is 5.69 Å². The van der Waals surface area contributed by atoms with E-state index in [4.69, 9.17) is 4.74 Å². The number of benzene rings is 1. The van der Waals surface area contributed by atoms with Crippen molar-refractivity contribution >= 4 is 11.6 Å². The van der Waals surface area contributed by atoms with Gasteiger partial charge in [-0.2, -0.15) is 0 Å². The molecule has 1 aliphatic rings. The molecule has 0 spiro atoms. The van der Waals surface area contributed by atoms with Gasteiger partial charge in [0.1, 0.15) is 5.75 Å². The van der Waals surface area contributed by atoms with Crippen LogP contribution in [0.1, 0.15) is 11.1 Å². The van der Waals surface area contributed by atoms with Crippen molar-refractivity contribution < 1.29 is 9.53 Å². The number of carbonyl (C=O) groups excluding carboxylic acids is 1. The predicted octanol–water partition coefficient (Wildman–Crippen LogP) is 1.47. The molecule has 0 atom stereocenters. The summed E-state index contributed by atoms with van der Waals surface area (Å²) in [5, 5.41) is 6.03. The Morgan fingerprint density at radius 1 is 1.41 bits per heavy atom. The maximum Gasteiger partial charge on any atom is 0.230 e. The molecule has 0 unspecified atom stereocenters. The number of hydrogen-bond donors (Lipinski definition) is 2. The molecule has 1 fully saturated rings. The second-order valence-electron chi connectivity index (χ2n) is 4.51. The number of nitrogens with one attached hydrogen (secondary N) is 2. The maximum atomic E-state index is 11.9. The van der Waals surface area contributed by atoms with Crippen molar-refractivity contribution in [2.24, 2.45) is 5.92 Å². The number of amides is 1. The van der Waals surface area contributed by atoms with E-state index in [1.54, 1.807) is 7.11 Å². The molecule has 2 rings (SSSR count). The molecule has 1 saturated heterocycles. The van der Waals surface area contributed by atoms with Gasteiger partial charge in [-0.15, -0.1) is 0 Å². The number of ether oxygens (including phenoxy) is 1. The minimum absolute atomic E-state index is 0.0621. The molecule has 4 nitrogen and oxygen atoms in total. The zero-order chi connectivity index (χ0) is 12.4. The Balaban J connectivity index is 2.21. The molecule has 17 heavy (non-hydrogen) atoms. The molecule has 0 saturated carbocycles. The third-order valence-electron chi connectivity index (χ3n) is 3.03. The molecule has 4 heteroatoms. The fourth-order valence-electron chi connectivity index (χ4n) is 2.03. The maximum absolute atomic E-state index is 11.9. The van der Waals surface area contributed by atoms with Gasteiger partial charge in [-0.05, 0) is 31.0 Å². The van der Waals surface area contributed by atoms with Gasteiger partial charge in [0.05, 0.1) is 18.7 Å². The Morgan fingerprint density at radius 3 is 2.65 bits per heavy atom. The van der Waals surface area contributed by atoms with E-state index in [0.717, 1.165) is 35.7 Å². The summed E-state index contributed by atoms with van der Waals surface area (Å²) in [4.78, 5) is 11.9. The van der Waals surface area contributed by atoms with E-state index >= 15 is 0 Å². The Kier molecular flexibility index (Phi) is 3.33. The van der Waals surface area contributed by atoms with Crippen molar-refractivity contribution in [1.29, 1.82) is 0 Å². The Labute approximate surface area is 101 Å². The summed E-state index contributed by atoms with van der Waals surface area (Å²) in [5.41, 5.74) is 2.92. The third-order valence-corrected chi connectivity index (χ3v) is 3.03. The van der Waals surface area contributed by atoms with Gasteiger partial charge >= 0.3 is 0 Å². The highest BCUT2D eigenvalue weighted by Crippen LogP contribution is 2.30. The summed E-state index contributed by atoms with van der Waals surface area (Å²) in [7, 11) is 1.62. The van der Waals surface area contributed by atoms with E-state index in [0.29, 0.717) is 0 Å². The number of aryl methyl sites for hydroxylation is 2. The zero-order valence-corrected chi connectivity index (χ0v) is 10.5. The minimum atomic E-state index is 0.0621. The lowest BCUT2D eigenvalue weighted by molar-refractivity contribution is -0.121. The van der Waals surface area contributed by atoms with Gasteiger partial charge in [0.25, 0.3) is 0 Å². The van der Waals surface area contributed by atoms with Crippen LogP contribution in [-0.2, 0) is 4.79 Å². The number of anilines is 1. The topological polar surface area (TPSA) is 50.4 Å². The number of methoxy groups -OCH3 is 1. The van der Waals surface area contributed by atoms with Crippen LogP contribution in [-0.4, -0.2) is 26.1 Å². The first kappa shape index (κ1) is 11.9. The summed E-state index contributed by atoms with van der Waals surface area (Å²) >= 11 is 0. The average molecular weight is 234 g/mol. The summed E-state index contributed by atoms with van der Waals surface area (Å²) in [6.45, 7) is 5.51. The smallest absolute Gasteiger partial charge is 0.230 e. The number of rotatable bonds is 3. The lowest BCUT2D eigenvalue weighted by Gasteiger charge is -2.26. The van der Waals surface area contributed by atoms with Gasteiger partial charge < -0.3 is 15.4 Å². The van der Waals surface area contributed by atoms with E-state index in [9.17, 15) is 4.79 Å². The van der Waals surface area contributed by atoms with Crippen LogP contribution in [0.25, 0.3) is 0 Å². The third kappa shape index (κ3) is 2.42. The normalized spacial score (nSPS) is 15.2. The van der Waals surface area contributed by atoms with E-state index in [1.165, 1.54) is 0 Å². The molecular weight excluding hydrogens is 216 g/mol. The molecule has 0 bridgehead atoms. The predicted molar refractivity (Wildman–Crippen MR) is 67.5 cm³/mol. The molecule has 1 aromatic carbocycles. The van der Waals surface area contributed by atoms with Gasteiger partial charge in [-0.1, -0.05) is 6.07 Å². The van der Waals surface area contributed by atoms with Crippen molar-refractivity contribution in [3.05, 3.63) is 23.3 Å². The first-order valence-electron chi connectivity index (χ1n) is 5.78. The Hall–Kier alpha value is -1.55. The summed E-state index contributed by atoms with van der Waals surface area (Å²) in [6, 6.07) is 3.98. The van der Waals surface area contributed by atoms with E-state index in [2.05, 4.69) is 10.6 Å². The van der Waals surface area contributed by atoms with Crippen molar-refractivity contribution in [3.63, 3.8) is 0 Å². The molecule has 1 amide bonds. The van der Waals surface area contributed by atoms with Crippen LogP contribution in [0.5, 0.6) is 5.75 Å². The first-order chi connectivity index (χ1) is 8.11. The van der Waals surface area contributed by atoms with Crippen LogP contribution < -0.4 is 15.4 Å². The van der Waals surface area contributed by atoms with Gasteiger partial charge in [0.2, 0.25) is 5.91 Å². The number of hydrogen-bond acceptors (Lipinski definition) is 3. The van der Waals surface area contributed by atoms with E-state index in [1.807, 2.05) is 26.0 Å². The zero-order valence-electron chi connectivity index (χ0n) is 10.5. The molecule has 0 aromatic heterocycles. The summed E-state index contributed by atoms with van der Waals surface area (Å²) in [5.74, 6) is 0.892. The first-order valence-corrected chi connectivity index (χ1v) is 5.78. The SMILES string of the molecule is COc1c(C)cc(C)cc1NC(=O)C1CNC1. The second-order valence-corrected chi connectivity index (χ2v) is 4.51. The molecular formula is C13H18N2O2. The van der Waals surface area contributed by atoms with Crippen LogP contribution in [0, 0.1) is 19.8 Å². The molecule has 0 aliphatic carbocycles. The quantitative estimate of drug-likeness (QED) is 0.832. The van der Waals surface area contributed by atoms with Gasteiger partial charge in [0.15, 0.2) is 0 Å². The van der Waals surface area contributed by atoms with E-state index < -0.39 is 0 Å². The molecule has 1 heterocycles. The van der Waals surface area contributed by atoms with Crippen LogP contribution >= 0.6 is 0 Å². The standard InChI is InChI=1S/C13H18N2O2/c1-8-4-9(2)12(17-3)11(5-8)15-13(16)10-6-14-7-10/h4-5,10,14H,6-7H2,1-3H3,(H,15,16). The summed E-state index contributed by atoms with van der Waals surface area (Å²) < 4.78 is 5.33. The van der Waals surface area contributed by atoms with Gasteiger partial charge in [-0.25, -0.2) is 0 Å². The fourth-order valence-corrected chi connectivity index (χ4v) is 2.03. The fraction of sp³-hybridized carbons (Fsp3) is 0.462. The highest BCUT2D eigenvalue weighted by molar-refractivity contribution is 5.95. The monoisotopic (exact) mass is 234 g/mol. The lowest BCUT2D eigenvalue weighted by Crippen LogP contribution is -2.48. The highest BCUT2D eigenvalue weighted by atomic mass is 16.5. The van der Waals surface area contributed by atoms with Crippen LogP contribution in [0.15, 0.2) is 12.1 Å². The largest absolute Gasteiger partial charge is 0.494 e. The van der Waals surface area contributed by atoms with Gasteiger partial charge in [0, 0.05) is 13.1 Å². The van der Waals surface area contributed by atoms with Crippen LogP contribution in [0.2, 0.25) is 0 Å². The summed E-state index contributed by atoms with van der Waals surface area (Å²) in [6.07, 6.45) is 0.